The van der Waals surface area contributed by atoms with E-state index in [4.69, 9.17) is 9.52 Å². The van der Waals surface area contributed by atoms with Crippen molar-refractivity contribution in [1.29, 1.82) is 0 Å². The number of anilines is 1. The molecule has 0 saturated carbocycles. The van der Waals surface area contributed by atoms with Gasteiger partial charge in [-0.3, -0.25) is 9.78 Å². The van der Waals surface area contributed by atoms with Crippen molar-refractivity contribution in [3.63, 3.8) is 0 Å². The summed E-state index contributed by atoms with van der Waals surface area (Å²) in [4.78, 5) is 25.2. The van der Waals surface area contributed by atoms with Crippen LogP contribution >= 0.6 is 0 Å². The van der Waals surface area contributed by atoms with E-state index in [-0.39, 0.29) is 12.5 Å². The Morgan fingerprint density at radius 3 is 3.00 bits per heavy atom. The van der Waals surface area contributed by atoms with Crippen molar-refractivity contribution in [2.24, 2.45) is 5.92 Å². The molecule has 0 fully saturated rings. The predicted octanol–water partition coefficient (Wildman–Crippen LogP) is 1.08. The number of aromatic amines is 1. The Morgan fingerprint density at radius 2 is 2.33 bits per heavy atom. The lowest BCUT2D eigenvalue weighted by Crippen LogP contribution is -2.24. The van der Waals surface area contributed by atoms with E-state index in [1.54, 1.807) is 18.2 Å². The van der Waals surface area contributed by atoms with Gasteiger partial charge in [-0.25, -0.2) is 4.79 Å². The number of oxazole rings is 1. The fourth-order valence-electron chi connectivity index (χ4n) is 1.66. The molecule has 1 amide bonds. The van der Waals surface area contributed by atoms with Crippen molar-refractivity contribution in [2.45, 2.75) is 13.3 Å². The molecule has 0 aliphatic rings. The Morgan fingerprint density at radius 1 is 1.56 bits per heavy atom. The second kappa shape index (κ2) is 5.05. The number of H-pyrrole nitrogens is 1. The van der Waals surface area contributed by atoms with Crippen molar-refractivity contribution in [2.75, 3.05) is 11.9 Å². The molecule has 6 heteroatoms. The average Bonchev–Trinajstić information content (AvgIpc) is 2.70. The van der Waals surface area contributed by atoms with Gasteiger partial charge in [-0.1, -0.05) is 6.92 Å². The molecule has 0 radical (unpaired) electrons. The molecule has 1 heterocycles. The largest absolute Gasteiger partial charge is 0.417 e. The number of aliphatic hydroxyl groups excluding tert-OH is 1. The molecular weight excluding hydrogens is 236 g/mol. The zero-order valence-electron chi connectivity index (χ0n) is 9.90. The Kier molecular flexibility index (Phi) is 3.47. The fourth-order valence-corrected chi connectivity index (χ4v) is 1.66. The smallest absolute Gasteiger partial charge is 0.408 e. The molecule has 6 nitrogen and oxygen atoms in total. The molecule has 18 heavy (non-hydrogen) atoms. The van der Waals surface area contributed by atoms with Gasteiger partial charge >= 0.3 is 5.76 Å². The molecule has 1 atom stereocenters. The summed E-state index contributed by atoms with van der Waals surface area (Å²) in [5.74, 6) is -1.22. The van der Waals surface area contributed by atoms with Gasteiger partial charge in [-0.05, 0) is 18.6 Å². The molecule has 0 aliphatic heterocycles. The van der Waals surface area contributed by atoms with Crippen LogP contribution in [0.3, 0.4) is 0 Å². The van der Waals surface area contributed by atoms with Gasteiger partial charge in [0.05, 0.1) is 18.0 Å². The number of hydrogen-bond donors (Lipinski definition) is 3. The number of aromatic nitrogens is 1. The highest BCUT2D eigenvalue weighted by Gasteiger charge is 2.15. The first-order valence-corrected chi connectivity index (χ1v) is 5.68. The summed E-state index contributed by atoms with van der Waals surface area (Å²) >= 11 is 0. The Bertz CT molecular complexity index is 610. The van der Waals surface area contributed by atoms with Crippen LogP contribution in [0.25, 0.3) is 11.1 Å². The molecule has 1 aromatic carbocycles. The number of nitrogens with one attached hydrogen (secondary N) is 2. The third-order valence-corrected chi connectivity index (χ3v) is 2.77. The number of rotatable bonds is 4. The van der Waals surface area contributed by atoms with Crippen molar-refractivity contribution in [3.05, 3.63) is 28.7 Å². The van der Waals surface area contributed by atoms with Crippen LogP contribution in [0.2, 0.25) is 0 Å². The molecule has 0 bridgehead atoms. The number of carbonyl (C=O) groups excluding carboxylic acids is 1. The Balaban J connectivity index is 2.21. The van der Waals surface area contributed by atoms with Crippen molar-refractivity contribution in [1.82, 2.24) is 4.98 Å². The highest BCUT2D eigenvalue weighted by molar-refractivity contribution is 5.94. The van der Waals surface area contributed by atoms with E-state index in [1.165, 1.54) is 0 Å². The first-order valence-electron chi connectivity index (χ1n) is 5.68. The molecule has 1 aromatic heterocycles. The maximum absolute atomic E-state index is 11.7. The minimum atomic E-state index is -0.532. The highest BCUT2D eigenvalue weighted by Crippen LogP contribution is 2.17. The topological polar surface area (TPSA) is 95.3 Å². The second-order valence-electron chi connectivity index (χ2n) is 4.00. The van der Waals surface area contributed by atoms with Crippen LogP contribution in [0.4, 0.5) is 5.69 Å². The van der Waals surface area contributed by atoms with Crippen LogP contribution in [0.15, 0.2) is 27.4 Å². The van der Waals surface area contributed by atoms with Crippen molar-refractivity contribution < 1.29 is 14.3 Å². The quantitative estimate of drug-likeness (QED) is 0.756. The number of carbonyl (C=O) groups is 1. The Labute approximate surface area is 103 Å². The normalized spacial score (nSPS) is 12.6. The third kappa shape index (κ3) is 2.43. The number of amides is 1. The predicted molar refractivity (Wildman–Crippen MR) is 66.3 cm³/mol. The van der Waals surface area contributed by atoms with Gasteiger partial charge in [0.25, 0.3) is 0 Å². The summed E-state index contributed by atoms with van der Waals surface area (Å²) in [6.07, 6.45) is 0.559. The SMILES string of the molecule is CCC(CO)C(=O)Nc1ccc2[nH]c(=O)oc2c1. The van der Waals surface area contributed by atoms with Crippen molar-refractivity contribution >= 4 is 22.7 Å². The van der Waals surface area contributed by atoms with Crippen LogP contribution in [0.5, 0.6) is 0 Å². The zero-order valence-corrected chi connectivity index (χ0v) is 9.90. The molecule has 0 spiro atoms. The zero-order chi connectivity index (χ0) is 13.1. The monoisotopic (exact) mass is 250 g/mol. The average molecular weight is 250 g/mol. The number of fused-ring (bicyclic) bond motifs is 1. The van der Waals surface area contributed by atoms with E-state index in [1.807, 2.05) is 6.92 Å². The van der Waals surface area contributed by atoms with Gasteiger partial charge in [0, 0.05) is 11.8 Å². The van der Waals surface area contributed by atoms with Crippen LogP contribution in [0.1, 0.15) is 13.3 Å². The molecule has 0 saturated heterocycles. The summed E-state index contributed by atoms with van der Waals surface area (Å²) in [7, 11) is 0. The summed E-state index contributed by atoms with van der Waals surface area (Å²) in [5.41, 5.74) is 1.49. The molecule has 96 valence electrons. The lowest BCUT2D eigenvalue weighted by Gasteiger charge is -2.11. The van der Waals surface area contributed by atoms with E-state index in [0.29, 0.717) is 23.2 Å². The highest BCUT2D eigenvalue weighted by atomic mass is 16.4. The van der Waals surface area contributed by atoms with Gasteiger partial charge in [0.15, 0.2) is 5.58 Å². The minimum Gasteiger partial charge on any atom is -0.408 e. The van der Waals surface area contributed by atoms with E-state index in [2.05, 4.69) is 10.3 Å². The van der Waals surface area contributed by atoms with E-state index >= 15 is 0 Å². The summed E-state index contributed by atoms with van der Waals surface area (Å²) in [5, 5.41) is 11.7. The maximum atomic E-state index is 11.7. The van der Waals surface area contributed by atoms with Crippen LogP contribution in [-0.2, 0) is 4.79 Å². The first kappa shape index (κ1) is 12.4. The lowest BCUT2D eigenvalue weighted by molar-refractivity contribution is -0.121. The van der Waals surface area contributed by atoms with Gasteiger partial charge in [-0.15, -0.1) is 0 Å². The molecule has 2 rings (SSSR count). The minimum absolute atomic E-state index is 0.191. The van der Waals surface area contributed by atoms with Gasteiger partial charge < -0.3 is 14.8 Å². The first-order chi connectivity index (χ1) is 8.63. The third-order valence-electron chi connectivity index (χ3n) is 2.77. The lowest BCUT2D eigenvalue weighted by atomic mass is 10.1. The fraction of sp³-hybridized carbons (Fsp3) is 0.333. The molecule has 1 unspecified atom stereocenters. The second-order valence-corrected chi connectivity index (χ2v) is 4.00. The summed E-state index contributed by atoms with van der Waals surface area (Å²) < 4.78 is 4.89. The van der Waals surface area contributed by atoms with E-state index in [0.717, 1.165) is 0 Å². The van der Waals surface area contributed by atoms with E-state index < -0.39 is 11.7 Å². The van der Waals surface area contributed by atoms with Crippen LogP contribution < -0.4 is 11.1 Å². The van der Waals surface area contributed by atoms with Gasteiger partial charge in [0.2, 0.25) is 5.91 Å². The maximum Gasteiger partial charge on any atom is 0.417 e. The van der Waals surface area contributed by atoms with E-state index in [9.17, 15) is 9.59 Å². The number of hydrogen-bond acceptors (Lipinski definition) is 4. The molecule has 0 aliphatic carbocycles. The summed E-state index contributed by atoms with van der Waals surface area (Å²) in [6, 6.07) is 4.88. The molecule has 2 aromatic rings. The molecule has 3 N–H and O–H groups in total. The number of aliphatic hydroxyl groups is 1. The van der Waals surface area contributed by atoms with Crippen LogP contribution in [-0.4, -0.2) is 22.6 Å². The standard InChI is InChI=1S/C12H14N2O4/c1-2-7(6-15)11(16)13-8-3-4-9-10(5-8)18-12(17)14-9/h3-5,7,15H,2,6H2,1H3,(H,13,16)(H,14,17). The van der Waals surface area contributed by atoms with Crippen LogP contribution in [0, 0.1) is 5.92 Å². The molecular formula is C12H14N2O4. The summed E-state index contributed by atoms with van der Waals surface area (Å²) in [6.45, 7) is 1.64. The van der Waals surface area contributed by atoms with Crippen molar-refractivity contribution in [3.8, 4) is 0 Å². The van der Waals surface area contributed by atoms with Gasteiger partial charge in [0.1, 0.15) is 0 Å². The Hall–Kier alpha value is -2.08. The number of benzene rings is 1. The van der Waals surface area contributed by atoms with Gasteiger partial charge in [-0.2, -0.15) is 0 Å².